The fourth-order valence-electron chi connectivity index (χ4n) is 2.82. The second kappa shape index (κ2) is 8.91. The monoisotopic (exact) mass is 417 g/mol. The summed E-state index contributed by atoms with van der Waals surface area (Å²) in [6.07, 6.45) is 2.92. The van der Waals surface area contributed by atoms with Gasteiger partial charge in [0.25, 0.3) is 5.91 Å². The third-order valence-corrected chi connectivity index (χ3v) is 4.49. The molecule has 10 nitrogen and oxygen atoms in total. The van der Waals surface area contributed by atoms with Crippen molar-refractivity contribution < 1.29 is 14.0 Å². The molecule has 156 valence electrons. The second-order valence-electron chi connectivity index (χ2n) is 6.69. The number of rotatable bonds is 6. The average molecular weight is 417 g/mol. The topological polar surface area (TPSA) is 127 Å². The van der Waals surface area contributed by atoms with Crippen molar-refractivity contribution >= 4 is 23.3 Å². The molecule has 0 saturated heterocycles. The van der Waals surface area contributed by atoms with Gasteiger partial charge in [-0.2, -0.15) is 0 Å². The SMILES string of the molecule is Cc1ccc(-n2cnnn2)cc1NC(=O)NCc1ccc(NC(=O)c2ccco2)cc1. The number of furan rings is 1. The van der Waals surface area contributed by atoms with Gasteiger partial charge in [-0.25, -0.2) is 9.48 Å². The van der Waals surface area contributed by atoms with E-state index in [4.69, 9.17) is 4.42 Å². The molecule has 31 heavy (non-hydrogen) atoms. The second-order valence-corrected chi connectivity index (χ2v) is 6.69. The van der Waals surface area contributed by atoms with E-state index < -0.39 is 0 Å². The summed E-state index contributed by atoms with van der Waals surface area (Å²) in [7, 11) is 0. The van der Waals surface area contributed by atoms with Gasteiger partial charge in [0.1, 0.15) is 6.33 Å². The maximum absolute atomic E-state index is 12.3. The van der Waals surface area contributed by atoms with Crippen LogP contribution in [0, 0.1) is 6.92 Å². The lowest BCUT2D eigenvalue weighted by atomic mass is 10.2. The minimum atomic E-state index is -0.341. The molecule has 3 amide bonds. The molecule has 0 aliphatic carbocycles. The summed E-state index contributed by atoms with van der Waals surface area (Å²) >= 11 is 0. The Morgan fingerprint density at radius 2 is 1.90 bits per heavy atom. The zero-order valence-electron chi connectivity index (χ0n) is 16.6. The van der Waals surface area contributed by atoms with Gasteiger partial charge in [0.15, 0.2) is 5.76 Å². The first kappa shape index (κ1) is 19.8. The van der Waals surface area contributed by atoms with Crippen LogP contribution in [0.5, 0.6) is 0 Å². The van der Waals surface area contributed by atoms with E-state index in [1.807, 2.05) is 31.2 Å². The molecule has 0 bridgehead atoms. The molecular formula is C21H19N7O3. The number of amides is 3. The number of hydrogen-bond donors (Lipinski definition) is 3. The van der Waals surface area contributed by atoms with Gasteiger partial charge in [0.05, 0.1) is 12.0 Å². The van der Waals surface area contributed by atoms with Gasteiger partial charge in [0.2, 0.25) is 0 Å². The van der Waals surface area contributed by atoms with E-state index in [2.05, 4.69) is 31.5 Å². The van der Waals surface area contributed by atoms with Crippen molar-refractivity contribution in [3.05, 3.63) is 84.1 Å². The maximum Gasteiger partial charge on any atom is 0.319 e. The number of aromatic nitrogens is 4. The lowest BCUT2D eigenvalue weighted by Gasteiger charge is -2.12. The smallest absolute Gasteiger partial charge is 0.319 e. The van der Waals surface area contributed by atoms with Gasteiger partial charge >= 0.3 is 6.03 Å². The van der Waals surface area contributed by atoms with Crippen molar-refractivity contribution in [1.82, 2.24) is 25.5 Å². The molecule has 4 aromatic rings. The fourth-order valence-corrected chi connectivity index (χ4v) is 2.82. The highest BCUT2D eigenvalue weighted by Gasteiger charge is 2.09. The molecule has 4 rings (SSSR count). The van der Waals surface area contributed by atoms with Crippen LogP contribution in [0.2, 0.25) is 0 Å². The molecule has 2 heterocycles. The molecule has 2 aromatic heterocycles. The van der Waals surface area contributed by atoms with Crippen LogP contribution in [0.4, 0.5) is 16.2 Å². The molecule has 0 atom stereocenters. The number of nitrogens with one attached hydrogen (secondary N) is 3. The molecule has 0 saturated carbocycles. The molecule has 10 heteroatoms. The van der Waals surface area contributed by atoms with Crippen molar-refractivity contribution in [3.63, 3.8) is 0 Å². The molecule has 0 unspecified atom stereocenters. The Morgan fingerprint density at radius 1 is 1.06 bits per heavy atom. The summed E-state index contributed by atoms with van der Waals surface area (Å²) in [6.45, 7) is 2.22. The first-order chi connectivity index (χ1) is 15.1. The number of aryl methyl sites for hydroxylation is 1. The number of benzene rings is 2. The van der Waals surface area contributed by atoms with E-state index in [9.17, 15) is 9.59 Å². The Labute approximate surface area is 177 Å². The molecule has 2 aromatic carbocycles. The largest absolute Gasteiger partial charge is 0.459 e. The fraction of sp³-hybridized carbons (Fsp3) is 0.0952. The minimum absolute atomic E-state index is 0.238. The number of hydrogen-bond acceptors (Lipinski definition) is 6. The summed E-state index contributed by atoms with van der Waals surface area (Å²) in [6, 6.07) is 15.6. The van der Waals surface area contributed by atoms with Crippen LogP contribution in [-0.4, -0.2) is 32.1 Å². The Kier molecular flexibility index (Phi) is 5.70. The molecule has 0 aliphatic heterocycles. The first-order valence-corrected chi connectivity index (χ1v) is 9.41. The van der Waals surface area contributed by atoms with E-state index in [1.54, 1.807) is 30.3 Å². The van der Waals surface area contributed by atoms with E-state index in [-0.39, 0.29) is 17.7 Å². The summed E-state index contributed by atoms with van der Waals surface area (Å²) in [5.74, 6) is -0.0867. The number of nitrogens with zero attached hydrogens (tertiary/aromatic N) is 4. The highest BCUT2D eigenvalue weighted by molar-refractivity contribution is 6.02. The third kappa shape index (κ3) is 4.93. The number of anilines is 2. The van der Waals surface area contributed by atoms with Gasteiger partial charge in [-0.05, 0) is 64.9 Å². The molecule has 3 N–H and O–H groups in total. The molecule has 0 radical (unpaired) electrons. The first-order valence-electron chi connectivity index (χ1n) is 9.41. The molecular weight excluding hydrogens is 398 g/mol. The third-order valence-electron chi connectivity index (χ3n) is 4.49. The quantitative estimate of drug-likeness (QED) is 0.442. The highest BCUT2D eigenvalue weighted by Crippen LogP contribution is 2.19. The zero-order valence-corrected chi connectivity index (χ0v) is 16.6. The minimum Gasteiger partial charge on any atom is -0.459 e. The predicted molar refractivity (Wildman–Crippen MR) is 113 cm³/mol. The van der Waals surface area contributed by atoms with Crippen molar-refractivity contribution in [3.8, 4) is 5.69 Å². The van der Waals surface area contributed by atoms with Crippen LogP contribution in [-0.2, 0) is 6.54 Å². The van der Waals surface area contributed by atoms with Crippen molar-refractivity contribution in [2.45, 2.75) is 13.5 Å². The molecule has 0 spiro atoms. The zero-order chi connectivity index (χ0) is 21.6. The van der Waals surface area contributed by atoms with Crippen LogP contribution >= 0.6 is 0 Å². The number of carbonyl (C=O) groups excluding carboxylic acids is 2. The van der Waals surface area contributed by atoms with E-state index in [0.717, 1.165) is 16.8 Å². The molecule has 0 aliphatic rings. The van der Waals surface area contributed by atoms with Gasteiger partial charge in [-0.3, -0.25) is 4.79 Å². The lowest BCUT2D eigenvalue weighted by molar-refractivity contribution is 0.0996. The Hall–Kier alpha value is -4.47. The number of tetrazole rings is 1. The lowest BCUT2D eigenvalue weighted by Crippen LogP contribution is -2.28. The van der Waals surface area contributed by atoms with Crippen molar-refractivity contribution in [1.29, 1.82) is 0 Å². The maximum atomic E-state index is 12.3. The Morgan fingerprint density at radius 3 is 2.61 bits per heavy atom. The van der Waals surface area contributed by atoms with Gasteiger partial charge in [-0.1, -0.05) is 18.2 Å². The van der Waals surface area contributed by atoms with Gasteiger partial charge in [0, 0.05) is 17.9 Å². The van der Waals surface area contributed by atoms with Crippen LogP contribution in [0.1, 0.15) is 21.7 Å². The van der Waals surface area contributed by atoms with Crippen LogP contribution in [0.25, 0.3) is 5.69 Å². The summed E-state index contributed by atoms with van der Waals surface area (Å²) in [5, 5.41) is 19.5. The number of urea groups is 1. The standard InChI is InChI=1S/C21H19N7O3/c1-14-4-9-17(28-13-23-26-27-28)11-18(14)25-21(30)22-12-15-5-7-16(8-6-15)24-20(29)19-3-2-10-31-19/h2-11,13H,12H2,1H3,(H,24,29)(H2,22,25,30). The van der Waals surface area contributed by atoms with Crippen LogP contribution < -0.4 is 16.0 Å². The van der Waals surface area contributed by atoms with Crippen LogP contribution in [0.15, 0.2) is 71.6 Å². The normalized spacial score (nSPS) is 10.5. The van der Waals surface area contributed by atoms with Crippen LogP contribution in [0.3, 0.4) is 0 Å². The average Bonchev–Trinajstić information content (AvgIpc) is 3.49. The van der Waals surface area contributed by atoms with E-state index in [1.165, 1.54) is 17.3 Å². The van der Waals surface area contributed by atoms with Gasteiger partial charge < -0.3 is 20.4 Å². The number of carbonyl (C=O) groups is 2. The summed E-state index contributed by atoms with van der Waals surface area (Å²) < 4.78 is 6.57. The summed E-state index contributed by atoms with van der Waals surface area (Å²) in [4.78, 5) is 24.3. The van der Waals surface area contributed by atoms with Gasteiger partial charge in [-0.15, -0.1) is 5.10 Å². The Bertz CT molecular complexity index is 1170. The van der Waals surface area contributed by atoms with E-state index >= 15 is 0 Å². The predicted octanol–water partition coefficient (Wildman–Crippen LogP) is 3.14. The summed E-state index contributed by atoms with van der Waals surface area (Å²) in [5.41, 5.74) is 3.80. The van der Waals surface area contributed by atoms with Crippen molar-refractivity contribution in [2.75, 3.05) is 10.6 Å². The molecule has 0 fully saturated rings. The van der Waals surface area contributed by atoms with Crippen molar-refractivity contribution in [2.24, 2.45) is 0 Å². The van der Waals surface area contributed by atoms with E-state index in [0.29, 0.717) is 17.9 Å². The highest BCUT2D eigenvalue weighted by atomic mass is 16.3. The Balaban J connectivity index is 1.32.